The number of hydrogen-bond donors (Lipinski definition) is 9. The van der Waals surface area contributed by atoms with E-state index >= 15 is 0 Å². The lowest BCUT2D eigenvalue weighted by molar-refractivity contribution is -0.143. The topological polar surface area (TPSA) is 284 Å². The molecule has 5 amide bonds. The molecule has 0 spiro atoms. The minimum atomic E-state index is -1.70. The third-order valence-electron chi connectivity index (χ3n) is 7.08. The highest BCUT2D eigenvalue weighted by Crippen LogP contribution is 2.31. The first-order chi connectivity index (χ1) is 23.3. The fourth-order valence-corrected chi connectivity index (χ4v) is 5.84. The van der Waals surface area contributed by atoms with Crippen molar-refractivity contribution < 1.29 is 43.8 Å². The number of hydrogen-bond acceptors (Lipinski definition) is 9. The second kappa shape index (κ2) is 18.6. The van der Waals surface area contributed by atoms with Gasteiger partial charge in [-0.25, -0.2) is 4.79 Å². The molecular formula is C31H38N8O9S. The zero-order valence-corrected chi connectivity index (χ0v) is 27.0. The number of carboxylic acid groups (broad SMARTS) is 2. The second-order valence-corrected chi connectivity index (χ2v) is 12.0. The van der Waals surface area contributed by atoms with E-state index in [4.69, 9.17) is 11.5 Å². The van der Waals surface area contributed by atoms with E-state index in [1.807, 2.05) is 30.3 Å². The summed E-state index contributed by atoms with van der Waals surface area (Å²) in [5.41, 5.74) is 12.9. The molecule has 0 saturated carbocycles. The Labute approximate surface area is 285 Å². The highest BCUT2D eigenvalue weighted by Gasteiger charge is 2.31. The van der Waals surface area contributed by atoms with E-state index in [1.54, 1.807) is 24.3 Å². The van der Waals surface area contributed by atoms with E-state index < -0.39 is 84.4 Å². The fraction of sp³-hybridized carbons (Fsp3) is 0.355. The molecular weight excluding hydrogens is 660 g/mol. The summed E-state index contributed by atoms with van der Waals surface area (Å²) in [7, 11) is 0. The minimum absolute atomic E-state index is 0.0385. The molecule has 0 bridgehead atoms. The molecule has 1 heterocycles. The van der Waals surface area contributed by atoms with Gasteiger partial charge in [0, 0.05) is 12.3 Å². The zero-order valence-electron chi connectivity index (χ0n) is 26.2. The molecule has 0 radical (unpaired) electrons. The molecule has 11 N–H and O–H groups in total. The van der Waals surface area contributed by atoms with Crippen molar-refractivity contribution in [1.82, 2.24) is 26.6 Å². The van der Waals surface area contributed by atoms with E-state index in [2.05, 4.69) is 31.6 Å². The van der Waals surface area contributed by atoms with Crippen LogP contribution in [0.3, 0.4) is 0 Å². The number of rotatable bonds is 9. The Morgan fingerprint density at radius 1 is 0.776 bits per heavy atom. The van der Waals surface area contributed by atoms with Crippen LogP contribution in [0.15, 0.2) is 59.6 Å². The molecule has 2 aromatic rings. The second-order valence-electron chi connectivity index (χ2n) is 10.8. The Morgan fingerprint density at radius 2 is 1.37 bits per heavy atom. The molecule has 49 heavy (non-hydrogen) atoms. The molecule has 1 fully saturated rings. The van der Waals surface area contributed by atoms with Crippen LogP contribution in [0.1, 0.15) is 30.1 Å². The lowest BCUT2D eigenvalue weighted by Gasteiger charge is -2.24. The van der Waals surface area contributed by atoms with Crippen LogP contribution in [0.4, 0.5) is 0 Å². The molecule has 262 valence electrons. The molecule has 1 aliphatic heterocycles. The minimum Gasteiger partial charge on any atom is -0.481 e. The van der Waals surface area contributed by atoms with Gasteiger partial charge in [0.25, 0.3) is 0 Å². The van der Waals surface area contributed by atoms with Crippen LogP contribution in [0, 0.1) is 0 Å². The van der Waals surface area contributed by atoms with Gasteiger partial charge in [0.15, 0.2) is 5.96 Å². The molecule has 17 nitrogen and oxygen atoms in total. The Balaban J connectivity index is 1.92. The SMILES string of the molecule is NC(N)=NCCC[C@@H]1NC(=O)CNC(=O)[C@H](c2ccc(-c3ccccc3)cc2)SC[C@@H](C(=O)O)NC(=O)[C@H](CC(=O)O)NC(=O)CNC1=O. The van der Waals surface area contributed by atoms with Crippen molar-refractivity contribution >= 4 is 59.2 Å². The van der Waals surface area contributed by atoms with Gasteiger partial charge in [-0.2, -0.15) is 0 Å². The first-order valence-electron chi connectivity index (χ1n) is 15.1. The summed E-state index contributed by atoms with van der Waals surface area (Å²) >= 11 is 0.860. The number of guanidine groups is 1. The van der Waals surface area contributed by atoms with E-state index in [-0.39, 0.29) is 31.1 Å². The van der Waals surface area contributed by atoms with Crippen molar-refractivity contribution in [2.45, 2.75) is 42.6 Å². The average molecular weight is 699 g/mol. The van der Waals surface area contributed by atoms with Crippen molar-refractivity contribution in [2.24, 2.45) is 16.5 Å². The summed E-state index contributed by atoms with van der Waals surface area (Å²) in [4.78, 5) is 92.5. The van der Waals surface area contributed by atoms with Gasteiger partial charge in [0.05, 0.1) is 19.5 Å². The standard InChI is InChI=1S/C31H38N8O9S/c32-31(33)34-12-4-7-20-27(44)35-14-24(41)38-21(13-25(42)43)28(45)39-22(30(47)48)16-49-26(29(46)36-15-23(40)37-20)19-10-8-18(9-11-19)17-5-2-1-3-6-17/h1-3,5-6,8-11,20-22,26H,4,7,12-16H2,(H,35,44)(H,36,46)(H,37,40)(H,38,41)(H,39,45)(H,42,43)(H,47,48)(H4,32,33,34)/t20-,21-,22-,26-/m0/s1. The van der Waals surface area contributed by atoms with Crippen LogP contribution in [-0.4, -0.2) is 101 Å². The predicted octanol–water partition coefficient (Wildman–Crippen LogP) is -1.56. The monoisotopic (exact) mass is 698 g/mol. The van der Waals surface area contributed by atoms with Gasteiger partial charge in [-0.3, -0.25) is 33.8 Å². The number of nitrogens with two attached hydrogens (primary N) is 2. The summed E-state index contributed by atoms with van der Waals surface area (Å²) in [6.07, 6.45) is -0.609. The number of aliphatic imine (C=N–C) groups is 1. The number of amides is 5. The van der Waals surface area contributed by atoms with Gasteiger partial charge in [0.2, 0.25) is 29.5 Å². The highest BCUT2D eigenvalue weighted by atomic mass is 32.2. The Bertz CT molecular complexity index is 1550. The number of benzene rings is 2. The number of nitrogens with zero attached hydrogens (tertiary/aromatic N) is 1. The number of aliphatic carboxylic acids is 2. The van der Waals surface area contributed by atoms with Gasteiger partial charge < -0.3 is 48.3 Å². The molecule has 2 aromatic carbocycles. The lowest BCUT2D eigenvalue weighted by Crippen LogP contribution is -2.55. The van der Waals surface area contributed by atoms with Gasteiger partial charge in [-0.1, -0.05) is 54.6 Å². The third kappa shape index (κ3) is 12.5. The molecule has 1 aliphatic rings. The number of nitrogens with one attached hydrogen (secondary N) is 5. The van der Waals surface area contributed by atoms with Crippen LogP contribution >= 0.6 is 11.8 Å². The van der Waals surface area contributed by atoms with E-state index in [0.29, 0.717) is 5.56 Å². The summed E-state index contributed by atoms with van der Waals surface area (Å²) < 4.78 is 0. The first kappa shape index (κ1) is 37.8. The molecule has 3 rings (SSSR count). The van der Waals surface area contributed by atoms with Crippen LogP contribution in [0.5, 0.6) is 0 Å². The van der Waals surface area contributed by atoms with E-state index in [1.165, 1.54) is 0 Å². The first-order valence-corrected chi connectivity index (χ1v) is 16.1. The lowest BCUT2D eigenvalue weighted by atomic mass is 10.0. The predicted molar refractivity (Wildman–Crippen MR) is 179 cm³/mol. The summed E-state index contributed by atoms with van der Waals surface area (Å²) in [5, 5.41) is 29.9. The number of carbonyl (C=O) groups excluding carboxylic acids is 5. The van der Waals surface area contributed by atoms with Crippen molar-refractivity contribution in [1.29, 1.82) is 0 Å². The quantitative estimate of drug-likeness (QED) is 0.0817. The number of carbonyl (C=O) groups is 7. The maximum atomic E-state index is 13.5. The Morgan fingerprint density at radius 3 is 1.96 bits per heavy atom. The maximum Gasteiger partial charge on any atom is 0.327 e. The molecule has 1 saturated heterocycles. The van der Waals surface area contributed by atoms with Crippen LogP contribution < -0.4 is 38.1 Å². The number of thioether (sulfide) groups is 1. The average Bonchev–Trinajstić information content (AvgIpc) is 3.06. The van der Waals surface area contributed by atoms with Gasteiger partial charge >= 0.3 is 11.9 Å². The maximum absolute atomic E-state index is 13.5. The normalized spacial score (nSPS) is 21.3. The Kier molecular flexibility index (Phi) is 14.4. The van der Waals surface area contributed by atoms with Gasteiger partial charge in [-0.05, 0) is 29.5 Å². The summed E-state index contributed by atoms with van der Waals surface area (Å²) in [6.45, 7) is -1.13. The van der Waals surface area contributed by atoms with Crippen molar-refractivity contribution in [3.63, 3.8) is 0 Å². The van der Waals surface area contributed by atoms with Crippen molar-refractivity contribution in [2.75, 3.05) is 25.4 Å². The van der Waals surface area contributed by atoms with Crippen LogP contribution in [0.25, 0.3) is 11.1 Å². The van der Waals surface area contributed by atoms with Crippen LogP contribution in [-0.2, 0) is 33.6 Å². The summed E-state index contributed by atoms with van der Waals surface area (Å²) in [6, 6.07) is 11.8. The van der Waals surface area contributed by atoms with Crippen LogP contribution in [0.2, 0.25) is 0 Å². The largest absolute Gasteiger partial charge is 0.481 e. The Hall–Kier alpha value is -5.65. The molecule has 0 unspecified atom stereocenters. The highest BCUT2D eigenvalue weighted by molar-refractivity contribution is 8.00. The zero-order chi connectivity index (χ0) is 35.9. The van der Waals surface area contributed by atoms with Gasteiger partial charge in [0.1, 0.15) is 23.4 Å². The smallest absolute Gasteiger partial charge is 0.327 e. The fourth-order valence-electron chi connectivity index (χ4n) is 4.64. The van der Waals surface area contributed by atoms with Crippen molar-refractivity contribution in [3.8, 4) is 11.1 Å². The number of carboxylic acids is 2. The third-order valence-corrected chi connectivity index (χ3v) is 8.42. The van der Waals surface area contributed by atoms with Crippen molar-refractivity contribution in [3.05, 3.63) is 60.2 Å². The molecule has 4 atom stereocenters. The van der Waals surface area contributed by atoms with E-state index in [0.717, 1.165) is 22.9 Å². The van der Waals surface area contributed by atoms with Gasteiger partial charge in [-0.15, -0.1) is 11.8 Å². The molecule has 18 heteroatoms. The molecule has 0 aliphatic carbocycles. The summed E-state index contributed by atoms with van der Waals surface area (Å²) in [5.74, 6) is -7.71. The van der Waals surface area contributed by atoms with E-state index in [9.17, 15) is 43.8 Å². The molecule has 0 aromatic heterocycles.